The number of aliphatic hydroxyl groups excluding tert-OH is 2. The second-order valence-corrected chi connectivity index (χ2v) is 3.41. The van der Waals surface area contributed by atoms with Crippen molar-refractivity contribution >= 4 is 11.5 Å². The van der Waals surface area contributed by atoms with Crippen LogP contribution >= 0.6 is 0 Å². The zero-order valence-electron chi connectivity index (χ0n) is 9.06. The molecule has 0 saturated carbocycles. The Labute approximate surface area is 124 Å². The van der Waals surface area contributed by atoms with Gasteiger partial charge in [-0.15, -0.1) is 0 Å². The average Bonchev–Trinajstić information content (AvgIpc) is 2.63. The van der Waals surface area contributed by atoms with Crippen molar-refractivity contribution in [1.29, 1.82) is 0 Å². The summed E-state index contributed by atoms with van der Waals surface area (Å²) >= 11 is 0. The molecule has 89 valence electrons. The third-order valence-electron chi connectivity index (χ3n) is 2.22. The first-order valence-corrected chi connectivity index (χ1v) is 4.71. The second-order valence-electron chi connectivity index (χ2n) is 3.41. The first kappa shape index (κ1) is 14.4. The van der Waals surface area contributed by atoms with Gasteiger partial charge in [0, 0.05) is 51.2 Å². The summed E-state index contributed by atoms with van der Waals surface area (Å²) < 4.78 is 1.67. The molecule has 2 aromatic rings. The van der Waals surface area contributed by atoms with Crippen molar-refractivity contribution in [1.82, 2.24) is 14.4 Å². The van der Waals surface area contributed by atoms with Crippen molar-refractivity contribution in [3.8, 4) is 0 Å². The normalized spacial score (nSPS) is 14.1. The molecule has 0 unspecified atom stereocenters. The monoisotopic (exact) mass is 309 g/mol. The molecule has 6 nitrogen and oxygen atoms in total. The molecule has 2 rings (SSSR count). The van der Waals surface area contributed by atoms with Crippen molar-refractivity contribution in [3.05, 3.63) is 37.6 Å². The van der Waals surface area contributed by atoms with Crippen molar-refractivity contribution in [3.63, 3.8) is 0 Å². The molecule has 2 heterocycles. The van der Waals surface area contributed by atoms with Crippen LogP contribution in [0.4, 0.5) is 5.82 Å². The molecule has 0 bridgehead atoms. The van der Waals surface area contributed by atoms with Gasteiger partial charge in [-0.1, -0.05) is 18.0 Å². The quantitative estimate of drug-likeness (QED) is 0.659. The number of aromatic nitrogens is 3. The minimum Gasteiger partial charge on any atom is -0.424 e. The number of nitrogens with zero attached hydrogens (tertiary/aromatic N) is 3. The molecule has 0 spiro atoms. The number of anilines is 1. The maximum Gasteiger partial charge on any atom is 0.165 e. The first-order valence-electron chi connectivity index (χ1n) is 4.71. The van der Waals surface area contributed by atoms with E-state index in [1.807, 2.05) is 0 Å². The van der Waals surface area contributed by atoms with Crippen LogP contribution in [0.5, 0.6) is 0 Å². The van der Waals surface area contributed by atoms with Crippen LogP contribution < -0.4 is 5.73 Å². The number of rotatable bonds is 3. The van der Waals surface area contributed by atoms with E-state index in [9.17, 15) is 5.11 Å². The third kappa shape index (κ3) is 2.95. The second kappa shape index (κ2) is 5.77. The van der Waals surface area contributed by atoms with Gasteiger partial charge in [0.25, 0.3) is 0 Å². The molecule has 0 amide bonds. The molecule has 0 aliphatic rings. The van der Waals surface area contributed by atoms with Crippen molar-refractivity contribution in [2.45, 2.75) is 12.2 Å². The fraction of sp³-hybridized carbons (Fsp3) is 0.200. The average molecular weight is 309 g/mol. The van der Waals surface area contributed by atoms with Crippen LogP contribution in [0, 0.1) is 13.3 Å². The standard InChI is InChI=1S/C10H12N4O2.Y/c1-6(15)8(16)4-7-5-13-10-9(11)12-2-3-14(7)10;/h2-6,8,15-16H,1H2,(H2,11,12);/q-2;/t6-,8+;/m1./s1. The van der Waals surface area contributed by atoms with Gasteiger partial charge < -0.3 is 32.3 Å². The fourth-order valence-electron chi connectivity index (χ4n) is 1.37. The zero-order valence-corrected chi connectivity index (χ0v) is 11.9. The Morgan fingerprint density at radius 2 is 2.12 bits per heavy atom. The summed E-state index contributed by atoms with van der Waals surface area (Å²) in [5.41, 5.74) is 6.77. The molecule has 0 fully saturated rings. The van der Waals surface area contributed by atoms with E-state index in [1.165, 1.54) is 12.6 Å². The zero-order chi connectivity index (χ0) is 11.7. The van der Waals surface area contributed by atoms with Crippen molar-refractivity contribution < 1.29 is 42.9 Å². The Morgan fingerprint density at radius 3 is 2.76 bits per heavy atom. The Kier molecular flexibility index (Phi) is 4.88. The molecule has 17 heavy (non-hydrogen) atoms. The van der Waals surface area contributed by atoms with E-state index in [1.54, 1.807) is 16.8 Å². The summed E-state index contributed by atoms with van der Waals surface area (Å²) in [5.74, 6) is 0.312. The van der Waals surface area contributed by atoms with Crippen LogP contribution in [0.3, 0.4) is 0 Å². The maximum absolute atomic E-state index is 9.47. The van der Waals surface area contributed by atoms with Crippen LogP contribution in [0.15, 0.2) is 18.6 Å². The van der Waals surface area contributed by atoms with E-state index >= 15 is 0 Å². The van der Waals surface area contributed by atoms with Crippen molar-refractivity contribution in [2.24, 2.45) is 0 Å². The van der Waals surface area contributed by atoms with E-state index < -0.39 is 12.2 Å². The van der Waals surface area contributed by atoms with Crippen molar-refractivity contribution in [2.75, 3.05) is 5.73 Å². The Morgan fingerprint density at radius 1 is 1.41 bits per heavy atom. The predicted molar refractivity (Wildman–Crippen MR) is 58.2 cm³/mol. The summed E-state index contributed by atoms with van der Waals surface area (Å²) in [6.45, 7) is 3.32. The number of nitrogen functional groups attached to an aromatic ring is 1. The molecule has 0 aliphatic carbocycles. The van der Waals surface area contributed by atoms with E-state index in [0.717, 1.165) is 0 Å². The van der Waals surface area contributed by atoms with Gasteiger partial charge in [-0.2, -0.15) is 6.42 Å². The minimum absolute atomic E-state index is 0. The molecule has 2 aromatic heterocycles. The summed E-state index contributed by atoms with van der Waals surface area (Å²) in [5, 5.41) is 18.6. The van der Waals surface area contributed by atoms with Gasteiger partial charge in [-0.05, 0) is 0 Å². The SMILES string of the molecule is [CH2-][C@@H](O)[C@@H](O)[CH-]c1cnc2c(N)nccn12.[Y]. The Bertz CT molecular complexity index is 500. The summed E-state index contributed by atoms with van der Waals surface area (Å²) in [6.07, 6.45) is 4.08. The van der Waals surface area contributed by atoms with Gasteiger partial charge in [0.05, 0.1) is 0 Å². The van der Waals surface area contributed by atoms with E-state index in [4.69, 9.17) is 10.8 Å². The Balaban J connectivity index is 0.00000144. The topological polar surface area (TPSA) is 96.7 Å². The fourth-order valence-corrected chi connectivity index (χ4v) is 1.37. The van der Waals surface area contributed by atoms with Gasteiger partial charge in [0.15, 0.2) is 11.5 Å². The van der Waals surface area contributed by atoms with Crippen LogP contribution in [0.2, 0.25) is 0 Å². The molecular formula is C10H12N4O2Y-2. The molecule has 2 atom stereocenters. The van der Waals surface area contributed by atoms with Gasteiger partial charge in [0.1, 0.15) is 0 Å². The summed E-state index contributed by atoms with van der Waals surface area (Å²) in [4.78, 5) is 7.95. The molecule has 4 N–H and O–H groups in total. The number of imidazole rings is 1. The minimum atomic E-state index is -1.08. The van der Waals surface area contributed by atoms with E-state index in [2.05, 4.69) is 16.9 Å². The van der Waals surface area contributed by atoms with Crippen LogP contribution in [-0.2, 0) is 32.7 Å². The van der Waals surface area contributed by atoms with Gasteiger partial charge >= 0.3 is 0 Å². The largest absolute Gasteiger partial charge is 0.424 e. The predicted octanol–water partition coefficient (Wildman–Crippen LogP) is -0.583. The number of hydrogen-bond acceptors (Lipinski definition) is 5. The van der Waals surface area contributed by atoms with E-state index in [0.29, 0.717) is 17.2 Å². The molecule has 0 saturated heterocycles. The van der Waals surface area contributed by atoms with E-state index in [-0.39, 0.29) is 32.7 Å². The summed E-state index contributed by atoms with van der Waals surface area (Å²) in [6, 6.07) is 0. The number of hydrogen-bond donors (Lipinski definition) is 3. The third-order valence-corrected chi connectivity index (χ3v) is 2.22. The molecule has 7 heteroatoms. The number of nitrogens with two attached hydrogens (primary N) is 1. The number of aliphatic hydroxyl groups is 2. The Hall–Kier alpha value is -0.686. The van der Waals surface area contributed by atoms with Crippen LogP contribution in [0.25, 0.3) is 5.65 Å². The first-order chi connectivity index (χ1) is 7.59. The van der Waals surface area contributed by atoms with Gasteiger partial charge in [-0.25, -0.2) is 4.98 Å². The summed E-state index contributed by atoms with van der Waals surface area (Å²) in [7, 11) is 0. The smallest absolute Gasteiger partial charge is 0.165 e. The van der Waals surface area contributed by atoms with Crippen LogP contribution in [0.1, 0.15) is 5.69 Å². The molecule has 1 radical (unpaired) electrons. The molecular weight excluding hydrogens is 297 g/mol. The molecule has 0 aliphatic heterocycles. The van der Waals surface area contributed by atoms with Gasteiger partial charge in [-0.3, -0.25) is 0 Å². The van der Waals surface area contributed by atoms with Gasteiger partial charge in [0.2, 0.25) is 0 Å². The number of fused-ring (bicyclic) bond motifs is 1. The molecule has 0 aromatic carbocycles. The van der Waals surface area contributed by atoms with Crippen LogP contribution in [-0.4, -0.2) is 36.8 Å². The maximum atomic E-state index is 9.47.